The summed E-state index contributed by atoms with van der Waals surface area (Å²) in [6, 6.07) is 4.08. The number of nitrogens with zero attached hydrogens (tertiary/aromatic N) is 1. The van der Waals surface area contributed by atoms with E-state index >= 15 is 0 Å². The van der Waals surface area contributed by atoms with Crippen LogP contribution in [0.15, 0.2) is 40.9 Å². The van der Waals surface area contributed by atoms with Crippen molar-refractivity contribution in [3.8, 4) is 0 Å². The van der Waals surface area contributed by atoms with E-state index < -0.39 is 15.9 Å². The fourth-order valence-corrected chi connectivity index (χ4v) is 2.10. The maximum Gasteiger partial charge on any atom is 0.220 e. The van der Waals surface area contributed by atoms with E-state index in [-0.39, 0.29) is 9.93 Å². The Morgan fingerprint density at radius 2 is 2.21 bits per heavy atom. The van der Waals surface area contributed by atoms with Gasteiger partial charge in [-0.25, -0.2) is 13.4 Å². The summed E-state index contributed by atoms with van der Waals surface area (Å²) in [6.07, 6.45) is 1.42. The minimum absolute atomic E-state index is 0.0118. The molecule has 4 nitrogen and oxygen atoms in total. The van der Waals surface area contributed by atoms with E-state index in [1.807, 2.05) is 0 Å². The quantitative estimate of drug-likeness (QED) is 0.801. The highest BCUT2D eigenvalue weighted by Crippen LogP contribution is 2.16. The smallest absolute Gasteiger partial charge is 0.220 e. The van der Waals surface area contributed by atoms with Gasteiger partial charge in [-0.2, -0.15) is 0 Å². The monoisotopic (exact) mass is 212 g/mol. The Morgan fingerprint density at radius 3 is 2.64 bits per heavy atom. The highest BCUT2D eigenvalue weighted by molar-refractivity contribution is 7.95. The molecule has 0 amide bonds. The lowest BCUT2D eigenvalue weighted by Gasteiger charge is -2.09. The van der Waals surface area contributed by atoms with E-state index in [0.717, 1.165) is 0 Å². The van der Waals surface area contributed by atoms with Crippen molar-refractivity contribution in [2.75, 3.05) is 0 Å². The average molecular weight is 212 g/mol. The van der Waals surface area contributed by atoms with Crippen molar-refractivity contribution in [2.45, 2.75) is 18.0 Å². The molecule has 1 rings (SSSR count). The highest BCUT2D eigenvalue weighted by Gasteiger charge is 2.22. The number of sulfone groups is 1. The van der Waals surface area contributed by atoms with Crippen LogP contribution in [0.1, 0.15) is 6.92 Å². The van der Waals surface area contributed by atoms with Crippen LogP contribution in [0.2, 0.25) is 0 Å². The zero-order chi connectivity index (χ0) is 10.8. The second-order valence-corrected chi connectivity index (χ2v) is 4.88. The van der Waals surface area contributed by atoms with Crippen molar-refractivity contribution in [2.24, 2.45) is 5.73 Å². The molecule has 0 saturated heterocycles. The standard InChI is InChI=1S/C9H12N2O2S/c1-7(10)8(2)14(12,13)9-5-3-4-6-11-9/h3-7H,2,10H2,1H3/t7-/m1/s1. The van der Waals surface area contributed by atoms with Crippen LogP contribution >= 0.6 is 0 Å². The minimum Gasteiger partial charge on any atom is -0.324 e. The molecule has 1 atom stereocenters. The summed E-state index contributed by atoms with van der Waals surface area (Å²) in [4.78, 5) is 3.73. The van der Waals surface area contributed by atoms with Crippen molar-refractivity contribution in [1.29, 1.82) is 0 Å². The van der Waals surface area contributed by atoms with Gasteiger partial charge in [-0.05, 0) is 19.1 Å². The molecule has 0 bridgehead atoms. The van der Waals surface area contributed by atoms with Gasteiger partial charge in [0.1, 0.15) is 0 Å². The van der Waals surface area contributed by atoms with Gasteiger partial charge >= 0.3 is 0 Å². The minimum atomic E-state index is -3.57. The largest absolute Gasteiger partial charge is 0.324 e. The van der Waals surface area contributed by atoms with Crippen LogP contribution in [0, 0.1) is 0 Å². The van der Waals surface area contributed by atoms with Gasteiger partial charge in [0.2, 0.25) is 9.84 Å². The molecule has 0 aliphatic carbocycles. The van der Waals surface area contributed by atoms with Crippen LogP contribution in [0.4, 0.5) is 0 Å². The van der Waals surface area contributed by atoms with E-state index in [2.05, 4.69) is 11.6 Å². The lowest BCUT2D eigenvalue weighted by atomic mass is 10.4. The Labute approximate surface area is 83.4 Å². The Bertz CT molecular complexity index is 423. The molecule has 0 spiro atoms. The summed E-state index contributed by atoms with van der Waals surface area (Å²) in [6.45, 7) is 5.02. The van der Waals surface area contributed by atoms with Crippen molar-refractivity contribution >= 4 is 9.84 Å². The summed E-state index contributed by atoms with van der Waals surface area (Å²) in [5, 5.41) is -0.0118. The van der Waals surface area contributed by atoms with Gasteiger partial charge in [0, 0.05) is 12.2 Å². The zero-order valence-corrected chi connectivity index (χ0v) is 8.66. The third-order valence-corrected chi connectivity index (χ3v) is 3.62. The number of pyridine rings is 1. The maximum absolute atomic E-state index is 11.7. The van der Waals surface area contributed by atoms with Crippen LogP contribution in [-0.4, -0.2) is 19.4 Å². The Hall–Kier alpha value is -1.20. The third-order valence-electron chi connectivity index (χ3n) is 1.77. The van der Waals surface area contributed by atoms with Gasteiger partial charge in [-0.1, -0.05) is 12.6 Å². The molecular formula is C9H12N2O2S. The van der Waals surface area contributed by atoms with E-state index in [0.29, 0.717) is 0 Å². The van der Waals surface area contributed by atoms with E-state index in [1.165, 1.54) is 12.3 Å². The molecule has 0 saturated carbocycles. The topological polar surface area (TPSA) is 73.1 Å². The summed E-state index contributed by atoms with van der Waals surface area (Å²) < 4.78 is 23.5. The summed E-state index contributed by atoms with van der Waals surface area (Å²) >= 11 is 0. The normalized spacial score (nSPS) is 13.6. The first-order valence-electron chi connectivity index (χ1n) is 4.06. The van der Waals surface area contributed by atoms with E-state index in [1.54, 1.807) is 19.1 Å². The molecule has 0 unspecified atom stereocenters. The average Bonchev–Trinajstić information content (AvgIpc) is 2.18. The molecule has 76 valence electrons. The van der Waals surface area contributed by atoms with Crippen molar-refractivity contribution in [1.82, 2.24) is 4.98 Å². The molecule has 5 heteroatoms. The summed E-state index contributed by atoms with van der Waals surface area (Å²) in [7, 11) is -3.57. The zero-order valence-electron chi connectivity index (χ0n) is 7.84. The number of rotatable bonds is 3. The SMILES string of the molecule is C=C([C@@H](C)N)S(=O)(=O)c1ccccn1. The van der Waals surface area contributed by atoms with Crippen molar-refractivity contribution in [3.05, 3.63) is 35.9 Å². The van der Waals surface area contributed by atoms with Gasteiger partial charge < -0.3 is 5.73 Å². The van der Waals surface area contributed by atoms with Gasteiger partial charge in [0.05, 0.1) is 4.91 Å². The molecule has 1 aromatic rings. The Kier molecular flexibility index (Phi) is 3.03. The second-order valence-electron chi connectivity index (χ2n) is 2.93. The second kappa shape index (κ2) is 3.89. The molecule has 0 aromatic carbocycles. The number of nitrogens with two attached hydrogens (primary N) is 1. The predicted octanol–water partition coefficient (Wildman–Crippen LogP) is 0.716. The number of aromatic nitrogens is 1. The predicted molar refractivity (Wildman–Crippen MR) is 54.2 cm³/mol. The maximum atomic E-state index is 11.7. The molecule has 0 radical (unpaired) electrons. The highest BCUT2D eigenvalue weighted by atomic mass is 32.2. The lowest BCUT2D eigenvalue weighted by molar-refractivity contribution is 0.595. The van der Waals surface area contributed by atoms with Crippen LogP contribution in [-0.2, 0) is 9.84 Å². The molecule has 14 heavy (non-hydrogen) atoms. The number of hydrogen-bond donors (Lipinski definition) is 1. The van der Waals surface area contributed by atoms with Crippen LogP contribution in [0.25, 0.3) is 0 Å². The molecule has 0 aliphatic heterocycles. The first-order chi connectivity index (χ1) is 6.46. The van der Waals surface area contributed by atoms with Gasteiger partial charge in [-0.3, -0.25) is 0 Å². The first kappa shape index (κ1) is 10.9. The van der Waals surface area contributed by atoms with Crippen LogP contribution in [0.3, 0.4) is 0 Å². The molecule has 0 fully saturated rings. The summed E-state index contributed by atoms with van der Waals surface area (Å²) in [5.41, 5.74) is 5.45. The fraction of sp³-hybridized carbons (Fsp3) is 0.222. The van der Waals surface area contributed by atoms with E-state index in [4.69, 9.17) is 5.73 Å². The first-order valence-corrected chi connectivity index (χ1v) is 5.55. The molecular weight excluding hydrogens is 200 g/mol. The van der Waals surface area contributed by atoms with Crippen molar-refractivity contribution in [3.63, 3.8) is 0 Å². The lowest BCUT2D eigenvalue weighted by Crippen LogP contribution is -2.23. The fourth-order valence-electron chi connectivity index (χ4n) is 0.885. The summed E-state index contributed by atoms with van der Waals surface area (Å²) in [5.74, 6) is 0. The van der Waals surface area contributed by atoms with E-state index in [9.17, 15) is 8.42 Å². The molecule has 0 aliphatic rings. The van der Waals surface area contributed by atoms with Gasteiger partial charge in [0.15, 0.2) is 5.03 Å². The molecule has 1 aromatic heterocycles. The van der Waals surface area contributed by atoms with Crippen LogP contribution < -0.4 is 5.73 Å². The molecule has 2 N–H and O–H groups in total. The van der Waals surface area contributed by atoms with Gasteiger partial charge in [-0.15, -0.1) is 0 Å². The number of hydrogen-bond acceptors (Lipinski definition) is 4. The third kappa shape index (κ3) is 2.00. The Balaban J connectivity index is 3.17. The van der Waals surface area contributed by atoms with Crippen molar-refractivity contribution < 1.29 is 8.42 Å². The molecule has 1 heterocycles. The van der Waals surface area contributed by atoms with Gasteiger partial charge in [0.25, 0.3) is 0 Å². The Morgan fingerprint density at radius 1 is 1.57 bits per heavy atom. The van der Waals surface area contributed by atoms with Crippen LogP contribution in [0.5, 0.6) is 0 Å².